The first kappa shape index (κ1) is 15.2. The molecular weight excluding hydrogens is 250 g/mol. The molecule has 20 heavy (non-hydrogen) atoms. The lowest BCUT2D eigenvalue weighted by Gasteiger charge is -2.37. The van der Waals surface area contributed by atoms with Crippen LogP contribution in [0.1, 0.15) is 43.1 Å². The van der Waals surface area contributed by atoms with Crippen LogP contribution in [0.15, 0.2) is 24.3 Å². The zero-order valence-electron chi connectivity index (χ0n) is 12.7. The molecule has 0 aromatic heterocycles. The van der Waals surface area contributed by atoms with Crippen LogP contribution < -0.4 is 0 Å². The monoisotopic (exact) mass is 275 g/mol. The van der Waals surface area contributed by atoms with Crippen LogP contribution in [0.25, 0.3) is 0 Å². The van der Waals surface area contributed by atoms with Gasteiger partial charge >= 0.3 is 0 Å². The SMILES string of the molecule is CCc1ccc(C(=O)C(C)N2CCC(O)C(C)C2)cc1. The minimum atomic E-state index is -0.225. The summed E-state index contributed by atoms with van der Waals surface area (Å²) in [6.07, 6.45) is 1.52. The summed E-state index contributed by atoms with van der Waals surface area (Å²) in [6, 6.07) is 7.81. The molecule has 0 aliphatic carbocycles. The van der Waals surface area contributed by atoms with Crippen LogP contribution in [-0.2, 0) is 6.42 Å². The van der Waals surface area contributed by atoms with E-state index in [-0.39, 0.29) is 23.8 Å². The third-order valence-electron chi connectivity index (χ3n) is 4.47. The highest BCUT2D eigenvalue weighted by atomic mass is 16.3. The van der Waals surface area contributed by atoms with Crippen molar-refractivity contribution in [3.63, 3.8) is 0 Å². The van der Waals surface area contributed by atoms with Gasteiger partial charge in [0.25, 0.3) is 0 Å². The Morgan fingerprint density at radius 1 is 1.40 bits per heavy atom. The van der Waals surface area contributed by atoms with Gasteiger partial charge in [0.2, 0.25) is 0 Å². The molecule has 1 aliphatic rings. The highest BCUT2D eigenvalue weighted by Gasteiger charge is 2.30. The molecular formula is C17H25NO2. The molecule has 1 saturated heterocycles. The van der Waals surface area contributed by atoms with Gasteiger partial charge in [0.05, 0.1) is 12.1 Å². The van der Waals surface area contributed by atoms with Gasteiger partial charge in [-0.15, -0.1) is 0 Å². The summed E-state index contributed by atoms with van der Waals surface area (Å²) in [5.74, 6) is 0.415. The van der Waals surface area contributed by atoms with Gasteiger partial charge in [-0.1, -0.05) is 38.1 Å². The number of benzene rings is 1. The maximum absolute atomic E-state index is 12.5. The number of carbonyl (C=O) groups is 1. The number of carbonyl (C=O) groups excluding carboxylic acids is 1. The summed E-state index contributed by atoms with van der Waals surface area (Å²) in [5.41, 5.74) is 2.04. The predicted molar refractivity (Wildman–Crippen MR) is 81.0 cm³/mol. The van der Waals surface area contributed by atoms with Crippen molar-refractivity contribution in [2.75, 3.05) is 13.1 Å². The Balaban J connectivity index is 2.04. The Morgan fingerprint density at radius 3 is 2.60 bits per heavy atom. The van der Waals surface area contributed by atoms with E-state index in [0.717, 1.165) is 31.5 Å². The van der Waals surface area contributed by atoms with Crippen molar-refractivity contribution < 1.29 is 9.90 Å². The van der Waals surface area contributed by atoms with E-state index >= 15 is 0 Å². The van der Waals surface area contributed by atoms with Crippen molar-refractivity contribution in [2.24, 2.45) is 5.92 Å². The molecule has 0 saturated carbocycles. The Kier molecular flexibility index (Phi) is 4.95. The Bertz CT molecular complexity index is 455. The van der Waals surface area contributed by atoms with Crippen molar-refractivity contribution in [1.29, 1.82) is 0 Å². The van der Waals surface area contributed by atoms with Crippen molar-refractivity contribution in [1.82, 2.24) is 4.90 Å². The third-order valence-corrected chi connectivity index (χ3v) is 4.47. The molecule has 1 aromatic rings. The van der Waals surface area contributed by atoms with Gasteiger partial charge in [-0.2, -0.15) is 0 Å². The first-order valence-electron chi connectivity index (χ1n) is 7.58. The molecule has 1 heterocycles. The maximum atomic E-state index is 12.5. The Labute approximate surface area is 121 Å². The average molecular weight is 275 g/mol. The van der Waals surface area contributed by atoms with Crippen LogP contribution in [0, 0.1) is 5.92 Å². The lowest BCUT2D eigenvalue weighted by atomic mass is 9.94. The molecule has 3 nitrogen and oxygen atoms in total. The minimum absolute atomic E-state index is 0.113. The van der Waals surface area contributed by atoms with E-state index in [1.165, 1.54) is 5.56 Å². The number of aliphatic hydroxyl groups is 1. The summed E-state index contributed by atoms with van der Waals surface area (Å²) in [4.78, 5) is 14.7. The first-order valence-corrected chi connectivity index (χ1v) is 7.58. The zero-order valence-corrected chi connectivity index (χ0v) is 12.7. The first-order chi connectivity index (χ1) is 9.52. The van der Waals surface area contributed by atoms with Crippen LogP contribution in [0.4, 0.5) is 0 Å². The highest BCUT2D eigenvalue weighted by molar-refractivity contribution is 5.99. The molecule has 1 N–H and O–H groups in total. The van der Waals surface area contributed by atoms with Crippen LogP contribution in [0.2, 0.25) is 0 Å². The summed E-state index contributed by atoms with van der Waals surface area (Å²) < 4.78 is 0. The molecule has 110 valence electrons. The molecule has 1 aromatic carbocycles. The minimum Gasteiger partial charge on any atom is -0.393 e. The molecule has 1 fully saturated rings. The van der Waals surface area contributed by atoms with Crippen molar-refractivity contribution in [2.45, 2.75) is 45.8 Å². The van der Waals surface area contributed by atoms with E-state index in [1.54, 1.807) is 0 Å². The van der Waals surface area contributed by atoms with Crippen LogP contribution in [0.5, 0.6) is 0 Å². The van der Waals surface area contributed by atoms with Gasteiger partial charge in [-0.25, -0.2) is 0 Å². The number of nitrogens with zero attached hydrogens (tertiary/aromatic N) is 1. The molecule has 3 atom stereocenters. The summed E-state index contributed by atoms with van der Waals surface area (Å²) in [6.45, 7) is 7.72. The van der Waals surface area contributed by atoms with Crippen LogP contribution >= 0.6 is 0 Å². The van der Waals surface area contributed by atoms with Gasteiger partial charge in [0.15, 0.2) is 5.78 Å². The smallest absolute Gasteiger partial charge is 0.179 e. The van der Waals surface area contributed by atoms with E-state index in [0.29, 0.717) is 0 Å². The van der Waals surface area contributed by atoms with E-state index in [9.17, 15) is 9.90 Å². The summed E-state index contributed by atoms with van der Waals surface area (Å²) in [7, 11) is 0. The largest absolute Gasteiger partial charge is 0.393 e. The van der Waals surface area contributed by atoms with Gasteiger partial charge in [0, 0.05) is 18.7 Å². The second-order valence-corrected chi connectivity index (χ2v) is 5.92. The Hall–Kier alpha value is -1.19. The number of hydrogen-bond acceptors (Lipinski definition) is 3. The van der Waals surface area contributed by atoms with Gasteiger partial charge in [-0.3, -0.25) is 9.69 Å². The zero-order chi connectivity index (χ0) is 14.7. The average Bonchev–Trinajstić information content (AvgIpc) is 2.48. The number of aryl methyl sites for hydroxylation is 1. The number of piperidine rings is 1. The van der Waals surface area contributed by atoms with Gasteiger partial charge < -0.3 is 5.11 Å². The van der Waals surface area contributed by atoms with Gasteiger partial charge in [0.1, 0.15) is 0 Å². The highest BCUT2D eigenvalue weighted by Crippen LogP contribution is 2.20. The number of Topliss-reactive ketones (excluding diaryl/α,β-unsaturated/α-hetero) is 1. The number of rotatable bonds is 4. The number of hydrogen-bond donors (Lipinski definition) is 1. The van der Waals surface area contributed by atoms with Crippen molar-refractivity contribution in [3.8, 4) is 0 Å². The molecule has 0 spiro atoms. The number of likely N-dealkylation sites (tertiary alicyclic amines) is 1. The maximum Gasteiger partial charge on any atom is 0.179 e. The molecule has 2 rings (SSSR count). The molecule has 0 bridgehead atoms. The second-order valence-electron chi connectivity index (χ2n) is 5.92. The van der Waals surface area contributed by atoms with Crippen LogP contribution in [0.3, 0.4) is 0 Å². The molecule has 1 aliphatic heterocycles. The fourth-order valence-electron chi connectivity index (χ4n) is 2.83. The third kappa shape index (κ3) is 3.28. The topological polar surface area (TPSA) is 40.5 Å². The van der Waals surface area contributed by atoms with E-state index < -0.39 is 0 Å². The van der Waals surface area contributed by atoms with Gasteiger partial charge in [-0.05, 0) is 31.2 Å². The number of aliphatic hydroxyl groups excluding tert-OH is 1. The van der Waals surface area contributed by atoms with Crippen LogP contribution in [-0.4, -0.2) is 41.0 Å². The lowest BCUT2D eigenvalue weighted by molar-refractivity contribution is 0.0205. The molecule has 3 heteroatoms. The summed E-state index contributed by atoms with van der Waals surface area (Å²) in [5, 5.41) is 9.78. The number of ketones is 1. The van der Waals surface area contributed by atoms with E-state index in [2.05, 4.69) is 11.8 Å². The molecule has 3 unspecified atom stereocenters. The van der Waals surface area contributed by atoms with E-state index in [4.69, 9.17) is 0 Å². The van der Waals surface area contributed by atoms with E-state index in [1.807, 2.05) is 38.1 Å². The molecule has 0 amide bonds. The standard InChI is InChI=1S/C17H25NO2/c1-4-14-5-7-15(8-6-14)17(20)13(3)18-10-9-16(19)12(2)11-18/h5-8,12-13,16,19H,4,9-11H2,1-3H3. The van der Waals surface area contributed by atoms with Crippen molar-refractivity contribution in [3.05, 3.63) is 35.4 Å². The molecule has 0 radical (unpaired) electrons. The lowest BCUT2D eigenvalue weighted by Crippen LogP contribution is -2.48. The Morgan fingerprint density at radius 2 is 2.05 bits per heavy atom. The normalized spacial score (nSPS) is 25.4. The van der Waals surface area contributed by atoms with Crippen molar-refractivity contribution >= 4 is 5.78 Å². The second kappa shape index (κ2) is 6.51. The fourth-order valence-corrected chi connectivity index (χ4v) is 2.83. The summed E-state index contributed by atoms with van der Waals surface area (Å²) >= 11 is 0. The predicted octanol–water partition coefficient (Wildman–Crippen LogP) is 2.52. The fraction of sp³-hybridized carbons (Fsp3) is 0.588. The quantitative estimate of drug-likeness (QED) is 0.858.